The van der Waals surface area contributed by atoms with Gasteiger partial charge in [0.15, 0.2) is 7.14 Å². The molecule has 0 saturated heterocycles. The molecule has 0 unspecified atom stereocenters. The highest BCUT2D eigenvalue weighted by Gasteiger charge is 2.32. The van der Waals surface area contributed by atoms with Gasteiger partial charge in [-0.25, -0.2) is 8.78 Å². The number of rotatable bonds is 4. The van der Waals surface area contributed by atoms with Gasteiger partial charge >= 0.3 is 0 Å². The van der Waals surface area contributed by atoms with Crippen LogP contribution in [0.3, 0.4) is 0 Å². The molecule has 5 aromatic rings. The van der Waals surface area contributed by atoms with Crippen LogP contribution in [-0.4, -0.2) is 0 Å². The van der Waals surface area contributed by atoms with E-state index in [1.165, 1.54) is 24.3 Å². The standard InChI is InChI=1S/C29H21F2OP/c1-20-27-18-23(31)16-17-26(27)28(21-12-14-22(30)15-13-21)19-29(20)33(32,24-8-4-2-5-9-24)25-10-6-3-7-11-25/h2-19H,1H3. The molecule has 0 aliphatic heterocycles. The molecule has 0 saturated carbocycles. The quantitative estimate of drug-likeness (QED) is 0.275. The number of aryl methyl sites for hydroxylation is 1. The average molecular weight is 454 g/mol. The van der Waals surface area contributed by atoms with Crippen molar-refractivity contribution in [3.63, 3.8) is 0 Å². The van der Waals surface area contributed by atoms with Crippen LogP contribution < -0.4 is 15.9 Å². The minimum atomic E-state index is -3.29. The van der Waals surface area contributed by atoms with Crippen molar-refractivity contribution in [2.75, 3.05) is 0 Å². The molecule has 162 valence electrons. The number of benzene rings is 5. The van der Waals surface area contributed by atoms with Gasteiger partial charge in [-0.3, -0.25) is 0 Å². The Bertz CT molecular complexity index is 1450. The van der Waals surface area contributed by atoms with Crippen LogP contribution in [0.15, 0.2) is 109 Å². The molecule has 0 heterocycles. The average Bonchev–Trinajstić information content (AvgIpc) is 2.86. The zero-order chi connectivity index (χ0) is 23.0. The van der Waals surface area contributed by atoms with Gasteiger partial charge in [0.1, 0.15) is 11.6 Å². The first-order chi connectivity index (χ1) is 16.0. The topological polar surface area (TPSA) is 17.1 Å². The Kier molecular flexibility index (Phi) is 5.44. The Morgan fingerprint density at radius 2 is 1.15 bits per heavy atom. The smallest absolute Gasteiger partial charge is 0.171 e. The maximum absolute atomic E-state index is 15.1. The molecule has 4 heteroatoms. The van der Waals surface area contributed by atoms with Crippen LogP contribution in [-0.2, 0) is 4.57 Å². The van der Waals surface area contributed by atoms with Crippen molar-refractivity contribution in [2.45, 2.75) is 6.92 Å². The van der Waals surface area contributed by atoms with Crippen LogP contribution in [0.5, 0.6) is 0 Å². The maximum Gasteiger partial charge on any atom is 0.171 e. The molecule has 0 N–H and O–H groups in total. The van der Waals surface area contributed by atoms with Crippen molar-refractivity contribution >= 4 is 33.8 Å². The highest BCUT2D eigenvalue weighted by Crippen LogP contribution is 2.46. The van der Waals surface area contributed by atoms with Crippen molar-refractivity contribution in [3.05, 3.63) is 126 Å². The van der Waals surface area contributed by atoms with Gasteiger partial charge in [0, 0.05) is 15.9 Å². The first kappa shape index (κ1) is 21.3. The summed E-state index contributed by atoms with van der Waals surface area (Å²) in [5.74, 6) is -0.692. The highest BCUT2D eigenvalue weighted by atomic mass is 31.2. The molecule has 0 aliphatic carbocycles. The minimum absolute atomic E-state index is 0.333. The second kappa shape index (κ2) is 8.42. The summed E-state index contributed by atoms with van der Waals surface area (Å²) < 4.78 is 43.1. The van der Waals surface area contributed by atoms with Gasteiger partial charge in [-0.2, -0.15) is 0 Å². The van der Waals surface area contributed by atoms with Crippen molar-refractivity contribution in [1.82, 2.24) is 0 Å². The van der Waals surface area contributed by atoms with Crippen LogP contribution >= 0.6 is 7.14 Å². The van der Waals surface area contributed by atoms with Crippen LogP contribution in [0.1, 0.15) is 5.56 Å². The molecule has 0 aliphatic rings. The summed E-state index contributed by atoms with van der Waals surface area (Å²) in [6.45, 7) is 1.89. The van der Waals surface area contributed by atoms with Crippen LogP contribution in [0, 0.1) is 18.6 Å². The maximum atomic E-state index is 15.1. The summed E-state index contributed by atoms with van der Waals surface area (Å²) in [5, 5.41) is 3.59. The van der Waals surface area contributed by atoms with E-state index in [0.717, 1.165) is 22.1 Å². The molecule has 0 fully saturated rings. The summed E-state index contributed by atoms with van der Waals surface area (Å²) in [7, 11) is -3.29. The number of halogens is 2. The lowest BCUT2D eigenvalue weighted by Gasteiger charge is -2.24. The molecule has 5 aromatic carbocycles. The van der Waals surface area contributed by atoms with Crippen molar-refractivity contribution in [1.29, 1.82) is 0 Å². The molecule has 0 aromatic heterocycles. The molecule has 33 heavy (non-hydrogen) atoms. The second-order valence-corrected chi connectivity index (χ2v) is 10.8. The van der Waals surface area contributed by atoms with Crippen LogP contribution in [0.25, 0.3) is 21.9 Å². The van der Waals surface area contributed by atoms with E-state index in [4.69, 9.17) is 0 Å². The molecule has 0 bridgehead atoms. The predicted molar refractivity (Wildman–Crippen MR) is 133 cm³/mol. The third-order valence-corrected chi connectivity index (χ3v) is 9.27. The fourth-order valence-electron chi connectivity index (χ4n) is 4.42. The lowest BCUT2D eigenvalue weighted by atomic mass is 9.95. The number of hydrogen-bond acceptors (Lipinski definition) is 1. The first-order valence-corrected chi connectivity index (χ1v) is 12.4. The monoisotopic (exact) mass is 454 g/mol. The molecule has 0 radical (unpaired) electrons. The summed E-state index contributed by atoms with van der Waals surface area (Å²) in [4.78, 5) is 0. The molecule has 0 atom stereocenters. The van der Waals surface area contributed by atoms with E-state index in [2.05, 4.69) is 0 Å². The van der Waals surface area contributed by atoms with Crippen molar-refractivity contribution in [3.8, 4) is 11.1 Å². The largest absolute Gasteiger partial charge is 0.309 e. The molecule has 1 nitrogen and oxygen atoms in total. The Morgan fingerprint density at radius 3 is 1.73 bits per heavy atom. The van der Waals surface area contributed by atoms with Crippen LogP contribution in [0.4, 0.5) is 8.78 Å². The van der Waals surface area contributed by atoms with E-state index in [9.17, 15) is 8.78 Å². The van der Waals surface area contributed by atoms with E-state index >= 15 is 4.57 Å². The Labute approximate surface area is 191 Å². The second-order valence-electron chi connectivity index (χ2n) is 8.05. The molecular weight excluding hydrogens is 433 g/mol. The number of fused-ring (bicyclic) bond motifs is 1. The van der Waals surface area contributed by atoms with Gasteiger partial charge in [-0.15, -0.1) is 0 Å². The third kappa shape index (κ3) is 3.69. The van der Waals surface area contributed by atoms with Gasteiger partial charge in [0.05, 0.1) is 0 Å². The lowest BCUT2D eigenvalue weighted by molar-refractivity contribution is 0.592. The van der Waals surface area contributed by atoms with Gasteiger partial charge in [0.25, 0.3) is 0 Å². The minimum Gasteiger partial charge on any atom is -0.309 e. The SMILES string of the molecule is Cc1c(P(=O)(c2ccccc2)c2ccccc2)cc(-c2ccc(F)cc2)c2ccc(F)cc12. The fraction of sp³-hybridized carbons (Fsp3) is 0.0345. The zero-order valence-corrected chi connectivity index (χ0v) is 18.9. The molecule has 0 spiro atoms. The van der Waals surface area contributed by atoms with Crippen molar-refractivity contribution < 1.29 is 13.3 Å². The Hall–Kier alpha value is -3.55. The Morgan fingerprint density at radius 1 is 0.606 bits per heavy atom. The van der Waals surface area contributed by atoms with E-state index in [1.807, 2.05) is 73.7 Å². The summed E-state index contributed by atoms with van der Waals surface area (Å²) in [6.07, 6.45) is 0. The highest BCUT2D eigenvalue weighted by molar-refractivity contribution is 7.85. The zero-order valence-electron chi connectivity index (χ0n) is 18.0. The predicted octanol–water partition coefficient (Wildman–Crippen LogP) is 6.73. The summed E-state index contributed by atoms with van der Waals surface area (Å²) in [5.41, 5.74) is 2.34. The first-order valence-electron chi connectivity index (χ1n) is 10.7. The molecular formula is C29H21F2OP. The van der Waals surface area contributed by atoms with Gasteiger partial charge in [0.2, 0.25) is 0 Å². The third-order valence-electron chi connectivity index (χ3n) is 6.08. The van der Waals surface area contributed by atoms with E-state index in [0.29, 0.717) is 21.3 Å². The molecule has 5 rings (SSSR count). The molecule has 0 amide bonds. The Balaban J connectivity index is 1.91. The van der Waals surface area contributed by atoms with E-state index < -0.39 is 7.14 Å². The summed E-state index contributed by atoms with van der Waals surface area (Å²) >= 11 is 0. The lowest BCUT2D eigenvalue weighted by Crippen LogP contribution is -2.27. The summed E-state index contributed by atoms with van der Waals surface area (Å²) in [6, 6.07) is 31.6. The van der Waals surface area contributed by atoms with E-state index in [1.54, 1.807) is 18.2 Å². The van der Waals surface area contributed by atoms with Gasteiger partial charge in [-0.05, 0) is 64.7 Å². The van der Waals surface area contributed by atoms with Gasteiger partial charge in [-0.1, -0.05) is 78.9 Å². The number of hydrogen-bond donors (Lipinski definition) is 0. The van der Waals surface area contributed by atoms with E-state index in [-0.39, 0.29) is 11.6 Å². The fourth-order valence-corrected chi connectivity index (χ4v) is 7.36. The van der Waals surface area contributed by atoms with Crippen LogP contribution in [0.2, 0.25) is 0 Å². The van der Waals surface area contributed by atoms with Gasteiger partial charge < -0.3 is 4.57 Å². The normalized spacial score (nSPS) is 11.6. The van der Waals surface area contributed by atoms with Crippen molar-refractivity contribution in [2.24, 2.45) is 0 Å².